The summed E-state index contributed by atoms with van der Waals surface area (Å²) in [5, 5.41) is 14.9. The second-order valence-electron chi connectivity index (χ2n) is 9.29. The summed E-state index contributed by atoms with van der Waals surface area (Å²) in [4.78, 5) is 26.5. The Balaban J connectivity index is 1.20. The molecule has 2 amide bonds. The van der Waals surface area contributed by atoms with Gasteiger partial charge in [0.05, 0.1) is 11.3 Å². The summed E-state index contributed by atoms with van der Waals surface area (Å²) in [7, 11) is 0. The Morgan fingerprint density at radius 1 is 1.06 bits per heavy atom. The van der Waals surface area contributed by atoms with Crippen molar-refractivity contribution in [2.45, 2.75) is 60.2 Å². The van der Waals surface area contributed by atoms with E-state index in [4.69, 9.17) is 0 Å². The zero-order chi connectivity index (χ0) is 22.1. The molecule has 0 aliphatic heterocycles. The van der Waals surface area contributed by atoms with Crippen LogP contribution in [0.15, 0.2) is 33.5 Å². The molecule has 32 heavy (non-hydrogen) atoms. The number of amides is 2. The van der Waals surface area contributed by atoms with Gasteiger partial charge in [0.2, 0.25) is 11.0 Å². The normalized spacial score (nSPS) is 28.0. The molecule has 1 aromatic carbocycles. The predicted octanol–water partition coefficient (Wildman–Crippen LogP) is 5.08. The van der Waals surface area contributed by atoms with Gasteiger partial charge in [0.1, 0.15) is 0 Å². The monoisotopic (exact) mass is 488 g/mol. The van der Waals surface area contributed by atoms with Gasteiger partial charge in [0.25, 0.3) is 5.91 Å². The third-order valence-corrected chi connectivity index (χ3v) is 9.76. The van der Waals surface area contributed by atoms with E-state index in [0.717, 1.165) is 52.0 Å². The lowest BCUT2D eigenvalue weighted by molar-refractivity contribution is -0.124. The minimum Gasteiger partial charge on any atom is -0.350 e. The lowest BCUT2D eigenvalue weighted by Gasteiger charge is -2.56. The second-order valence-corrected chi connectivity index (χ2v) is 12.8. The van der Waals surface area contributed by atoms with Crippen LogP contribution in [0, 0.1) is 17.8 Å². The molecule has 0 unspecified atom stereocenters. The first kappa shape index (κ1) is 22.2. The fourth-order valence-corrected chi connectivity index (χ4v) is 8.62. The Morgan fingerprint density at radius 2 is 1.75 bits per heavy atom. The van der Waals surface area contributed by atoms with Crippen LogP contribution in [0.5, 0.6) is 0 Å². The molecule has 0 saturated heterocycles. The van der Waals surface area contributed by atoms with Crippen LogP contribution in [0.3, 0.4) is 0 Å². The third-order valence-electron chi connectivity index (χ3n) is 6.83. The number of anilines is 1. The smallest absolute Gasteiger partial charge is 0.258 e. The lowest BCUT2D eigenvalue weighted by atomic mass is 9.53. The van der Waals surface area contributed by atoms with Crippen LogP contribution in [0.4, 0.5) is 5.13 Å². The number of aromatic nitrogens is 2. The van der Waals surface area contributed by atoms with E-state index < -0.39 is 0 Å². The van der Waals surface area contributed by atoms with Gasteiger partial charge in [0.15, 0.2) is 4.34 Å². The molecule has 6 rings (SSSR count). The molecular weight excluding hydrogens is 460 g/mol. The molecule has 4 bridgehead atoms. The quantitative estimate of drug-likeness (QED) is 0.398. The van der Waals surface area contributed by atoms with E-state index >= 15 is 0 Å². The molecule has 9 heteroatoms. The van der Waals surface area contributed by atoms with Gasteiger partial charge in [-0.15, -0.1) is 22.0 Å². The number of hydrogen-bond acceptors (Lipinski definition) is 7. The molecule has 170 valence electrons. The molecule has 4 saturated carbocycles. The van der Waals surface area contributed by atoms with Gasteiger partial charge in [-0.05, 0) is 74.2 Å². The first-order valence-corrected chi connectivity index (χ1v) is 14.1. The van der Waals surface area contributed by atoms with E-state index in [0.29, 0.717) is 16.4 Å². The molecule has 4 fully saturated rings. The average molecular weight is 489 g/mol. The summed E-state index contributed by atoms with van der Waals surface area (Å²) in [5.74, 6) is 3.49. The first-order chi connectivity index (χ1) is 15.5. The molecule has 4 aliphatic rings. The van der Waals surface area contributed by atoms with Crippen LogP contribution in [0.25, 0.3) is 0 Å². The van der Waals surface area contributed by atoms with Gasteiger partial charge >= 0.3 is 0 Å². The van der Waals surface area contributed by atoms with Gasteiger partial charge in [-0.2, -0.15) is 0 Å². The zero-order valence-corrected chi connectivity index (χ0v) is 20.6. The van der Waals surface area contributed by atoms with Crippen molar-refractivity contribution in [1.29, 1.82) is 0 Å². The fourth-order valence-electron chi connectivity index (χ4n) is 6.13. The maximum Gasteiger partial charge on any atom is 0.258 e. The van der Waals surface area contributed by atoms with E-state index in [1.807, 2.05) is 18.2 Å². The highest BCUT2D eigenvalue weighted by Crippen LogP contribution is 2.55. The summed E-state index contributed by atoms with van der Waals surface area (Å²) in [6.45, 7) is 2.05. The Hall–Kier alpha value is -1.58. The minimum absolute atomic E-state index is 0.0231. The maximum atomic E-state index is 12.9. The summed E-state index contributed by atoms with van der Waals surface area (Å²) in [5.41, 5.74) is 0.579. The van der Waals surface area contributed by atoms with Gasteiger partial charge in [0, 0.05) is 10.4 Å². The van der Waals surface area contributed by atoms with Gasteiger partial charge < -0.3 is 5.32 Å². The van der Waals surface area contributed by atoms with Crippen LogP contribution < -0.4 is 10.6 Å². The number of carbonyl (C=O) groups is 2. The summed E-state index contributed by atoms with van der Waals surface area (Å²) in [6, 6.07) is 7.43. The summed E-state index contributed by atoms with van der Waals surface area (Å²) in [6.07, 6.45) is 7.52. The van der Waals surface area contributed by atoms with Crippen LogP contribution in [0.2, 0.25) is 0 Å². The summed E-state index contributed by atoms with van der Waals surface area (Å²) < 4.78 is 0.840. The molecule has 0 atom stereocenters. The van der Waals surface area contributed by atoms with Crippen LogP contribution in [-0.2, 0) is 4.79 Å². The molecule has 6 nitrogen and oxygen atoms in total. The van der Waals surface area contributed by atoms with Crippen molar-refractivity contribution in [3.63, 3.8) is 0 Å². The van der Waals surface area contributed by atoms with Gasteiger partial charge in [-0.3, -0.25) is 14.9 Å². The highest BCUT2D eigenvalue weighted by molar-refractivity contribution is 8.01. The Labute approximate surface area is 201 Å². The first-order valence-electron chi connectivity index (χ1n) is 11.3. The Morgan fingerprint density at radius 3 is 2.44 bits per heavy atom. The van der Waals surface area contributed by atoms with Crippen molar-refractivity contribution in [3.8, 4) is 0 Å². The molecule has 2 aromatic rings. The van der Waals surface area contributed by atoms with E-state index in [2.05, 4.69) is 27.8 Å². The average Bonchev–Trinajstić information content (AvgIpc) is 3.18. The van der Waals surface area contributed by atoms with Gasteiger partial charge in [-0.25, -0.2) is 0 Å². The number of carbonyl (C=O) groups excluding carboxylic acids is 2. The van der Waals surface area contributed by atoms with E-state index in [9.17, 15) is 9.59 Å². The summed E-state index contributed by atoms with van der Waals surface area (Å²) >= 11 is 4.40. The van der Waals surface area contributed by atoms with E-state index in [1.54, 1.807) is 17.8 Å². The molecule has 2 N–H and O–H groups in total. The number of nitrogens with zero attached hydrogens (tertiary/aromatic N) is 2. The fraction of sp³-hybridized carbons (Fsp3) is 0.565. The topological polar surface area (TPSA) is 84.0 Å². The van der Waals surface area contributed by atoms with Crippen LogP contribution >= 0.6 is 34.9 Å². The molecule has 4 aliphatic carbocycles. The molecule has 0 spiro atoms. The standard InChI is InChI=1S/C23H28N4O2S3/c1-2-30-22-27-26-21(32-22)24-20(29)17-5-3-4-6-18(17)31-13-19(28)25-23-10-14-7-15(11-23)9-16(8-14)12-23/h3-6,14-16H,2,7-13H2,1H3,(H,25,28)(H,24,26,29). The minimum atomic E-state index is -0.223. The highest BCUT2D eigenvalue weighted by Gasteiger charge is 2.51. The highest BCUT2D eigenvalue weighted by atomic mass is 32.2. The number of benzene rings is 1. The maximum absolute atomic E-state index is 12.9. The molecular formula is C23H28N4O2S3. The zero-order valence-electron chi connectivity index (χ0n) is 18.1. The SMILES string of the molecule is CCSc1nnc(NC(=O)c2ccccc2SCC(=O)NC23CC4CC(CC(C4)C2)C3)s1. The van der Waals surface area contributed by atoms with Crippen LogP contribution in [0.1, 0.15) is 55.8 Å². The molecule has 1 heterocycles. The lowest BCUT2D eigenvalue weighted by Crippen LogP contribution is -2.60. The third kappa shape index (κ3) is 4.84. The van der Waals surface area contributed by atoms with Crippen molar-refractivity contribution in [3.05, 3.63) is 29.8 Å². The molecule has 1 aromatic heterocycles. The van der Waals surface area contributed by atoms with Crippen molar-refractivity contribution < 1.29 is 9.59 Å². The Bertz CT molecular complexity index is 973. The van der Waals surface area contributed by atoms with Gasteiger partial charge in [-0.1, -0.05) is 42.2 Å². The Kier molecular flexibility index (Phi) is 6.49. The van der Waals surface area contributed by atoms with E-state index in [-0.39, 0.29) is 17.4 Å². The predicted molar refractivity (Wildman–Crippen MR) is 130 cm³/mol. The number of hydrogen-bond donors (Lipinski definition) is 2. The van der Waals surface area contributed by atoms with Crippen molar-refractivity contribution in [2.75, 3.05) is 16.8 Å². The second kappa shape index (κ2) is 9.35. The van der Waals surface area contributed by atoms with Crippen LogP contribution in [-0.4, -0.2) is 39.1 Å². The van der Waals surface area contributed by atoms with Crippen molar-refractivity contribution in [1.82, 2.24) is 15.5 Å². The number of rotatable bonds is 8. The van der Waals surface area contributed by atoms with Crippen molar-refractivity contribution >= 4 is 51.8 Å². The van der Waals surface area contributed by atoms with E-state index in [1.165, 1.54) is 42.4 Å². The number of thioether (sulfide) groups is 2. The largest absolute Gasteiger partial charge is 0.350 e. The number of nitrogens with one attached hydrogen (secondary N) is 2. The van der Waals surface area contributed by atoms with Crippen molar-refractivity contribution in [2.24, 2.45) is 17.8 Å². The molecule has 0 radical (unpaired) electrons.